The average molecular weight is 387 g/mol. The molecule has 1 aliphatic rings. The SMILES string of the molecule is CN(C)c1ccc(C(=O)N2CCC(NC(=O)c3ccc(F)cc3F)CC2)cc1. The van der Waals surface area contributed by atoms with E-state index in [2.05, 4.69) is 5.32 Å². The van der Waals surface area contributed by atoms with Crippen LogP contribution in [0.15, 0.2) is 42.5 Å². The first kappa shape index (κ1) is 19.8. The maximum Gasteiger partial charge on any atom is 0.254 e. The van der Waals surface area contributed by atoms with Gasteiger partial charge in [-0.2, -0.15) is 0 Å². The van der Waals surface area contributed by atoms with Crippen molar-refractivity contribution in [2.75, 3.05) is 32.1 Å². The summed E-state index contributed by atoms with van der Waals surface area (Å²) in [6, 6.07) is 10.1. The fraction of sp³-hybridized carbons (Fsp3) is 0.333. The van der Waals surface area contributed by atoms with Crippen molar-refractivity contribution in [3.8, 4) is 0 Å². The Balaban J connectivity index is 1.55. The molecule has 1 saturated heterocycles. The lowest BCUT2D eigenvalue weighted by atomic mass is 10.0. The molecule has 0 unspecified atom stereocenters. The first-order valence-electron chi connectivity index (χ1n) is 9.17. The van der Waals surface area contributed by atoms with Crippen molar-refractivity contribution in [3.63, 3.8) is 0 Å². The van der Waals surface area contributed by atoms with Gasteiger partial charge in [0.15, 0.2) is 0 Å². The van der Waals surface area contributed by atoms with Crippen LogP contribution in [0.3, 0.4) is 0 Å². The number of benzene rings is 2. The second-order valence-electron chi connectivity index (χ2n) is 7.11. The van der Waals surface area contributed by atoms with Crippen molar-refractivity contribution in [1.29, 1.82) is 0 Å². The van der Waals surface area contributed by atoms with Crippen LogP contribution in [0.2, 0.25) is 0 Å². The summed E-state index contributed by atoms with van der Waals surface area (Å²) in [4.78, 5) is 28.6. The van der Waals surface area contributed by atoms with Crippen molar-refractivity contribution in [3.05, 3.63) is 65.2 Å². The third-order valence-electron chi connectivity index (χ3n) is 4.92. The van der Waals surface area contributed by atoms with E-state index in [1.807, 2.05) is 43.3 Å². The molecule has 0 aliphatic carbocycles. The Labute approximate surface area is 162 Å². The number of hydrogen-bond acceptors (Lipinski definition) is 3. The molecule has 3 rings (SSSR count). The van der Waals surface area contributed by atoms with Gasteiger partial charge in [0, 0.05) is 50.5 Å². The molecule has 0 bridgehead atoms. The molecule has 7 heteroatoms. The van der Waals surface area contributed by atoms with Crippen LogP contribution in [0.4, 0.5) is 14.5 Å². The molecule has 1 heterocycles. The summed E-state index contributed by atoms with van der Waals surface area (Å²) in [5, 5.41) is 2.77. The fourth-order valence-electron chi connectivity index (χ4n) is 3.25. The van der Waals surface area contributed by atoms with E-state index in [0.717, 1.165) is 17.8 Å². The first-order chi connectivity index (χ1) is 13.3. The molecule has 2 aromatic carbocycles. The molecule has 2 aromatic rings. The van der Waals surface area contributed by atoms with Gasteiger partial charge in [0.1, 0.15) is 11.6 Å². The Hall–Kier alpha value is -2.96. The third-order valence-corrected chi connectivity index (χ3v) is 4.92. The van der Waals surface area contributed by atoms with Crippen LogP contribution in [0.25, 0.3) is 0 Å². The van der Waals surface area contributed by atoms with Crippen LogP contribution in [-0.4, -0.2) is 49.9 Å². The van der Waals surface area contributed by atoms with E-state index in [0.29, 0.717) is 37.6 Å². The minimum atomic E-state index is -0.883. The lowest BCUT2D eigenvalue weighted by Gasteiger charge is -2.32. The zero-order chi connectivity index (χ0) is 20.3. The molecule has 1 fully saturated rings. The number of carbonyl (C=O) groups excluding carboxylic acids is 2. The van der Waals surface area contributed by atoms with Crippen LogP contribution in [0.5, 0.6) is 0 Å². The monoisotopic (exact) mass is 387 g/mol. The second kappa shape index (κ2) is 8.37. The summed E-state index contributed by atoms with van der Waals surface area (Å²) in [6.07, 6.45) is 1.16. The predicted octanol–water partition coefficient (Wildman–Crippen LogP) is 3.07. The topological polar surface area (TPSA) is 52.7 Å². The van der Waals surface area contributed by atoms with E-state index in [-0.39, 0.29) is 17.5 Å². The minimum absolute atomic E-state index is 0.0420. The zero-order valence-electron chi connectivity index (χ0n) is 15.9. The molecule has 0 spiro atoms. The van der Waals surface area contributed by atoms with Crippen LogP contribution >= 0.6 is 0 Å². The molecule has 5 nitrogen and oxygen atoms in total. The maximum absolute atomic E-state index is 13.7. The zero-order valence-corrected chi connectivity index (χ0v) is 15.9. The quantitative estimate of drug-likeness (QED) is 0.877. The van der Waals surface area contributed by atoms with Crippen molar-refractivity contribution in [2.24, 2.45) is 0 Å². The van der Waals surface area contributed by atoms with Gasteiger partial charge in [-0.25, -0.2) is 8.78 Å². The molecular formula is C21H23F2N3O2. The fourth-order valence-corrected chi connectivity index (χ4v) is 3.25. The molecule has 0 saturated carbocycles. The molecule has 1 aliphatic heterocycles. The molecule has 1 N–H and O–H groups in total. The Kier molecular flexibility index (Phi) is 5.92. The Morgan fingerprint density at radius 2 is 1.68 bits per heavy atom. The van der Waals surface area contributed by atoms with Gasteiger partial charge in [-0.1, -0.05) is 0 Å². The van der Waals surface area contributed by atoms with E-state index >= 15 is 0 Å². The standard InChI is InChI=1S/C21H23F2N3O2/c1-25(2)17-6-3-14(4-7-17)21(28)26-11-9-16(10-12-26)24-20(27)18-8-5-15(22)13-19(18)23/h3-8,13,16H,9-12H2,1-2H3,(H,24,27). The number of piperidine rings is 1. The highest BCUT2D eigenvalue weighted by Gasteiger charge is 2.25. The van der Waals surface area contributed by atoms with Gasteiger partial charge in [-0.05, 0) is 49.2 Å². The highest BCUT2D eigenvalue weighted by Crippen LogP contribution is 2.18. The number of hydrogen-bond donors (Lipinski definition) is 1. The Morgan fingerprint density at radius 3 is 2.25 bits per heavy atom. The van der Waals surface area contributed by atoms with E-state index in [4.69, 9.17) is 0 Å². The smallest absolute Gasteiger partial charge is 0.254 e. The van der Waals surface area contributed by atoms with Gasteiger partial charge < -0.3 is 15.1 Å². The average Bonchev–Trinajstić information content (AvgIpc) is 2.68. The number of rotatable bonds is 4. The molecule has 0 atom stereocenters. The molecule has 148 valence electrons. The minimum Gasteiger partial charge on any atom is -0.378 e. The molecular weight excluding hydrogens is 364 g/mol. The Bertz CT molecular complexity index is 860. The van der Waals surface area contributed by atoms with E-state index in [1.54, 1.807) is 4.90 Å². The number of halogens is 2. The van der Waals surface area contributed by atoms with Gasteiger partial charge in [0.2, 0.25) is 0 Å². The molecule has 0 aromatic heterocycles. The molecule has 28 heavy (non-hydrogen) atoms. The van der Waals surface area contributed by atoms with Gasteiger partial charge in [0.05, 0.1) is 5.56 Å². The summed E-state index contributed by atoms with van der Waals surface area (Å²) in [5.41, 5.74) is 1.47. The van der Waals surface area contributed by atoms with E-state index in [1.165, 1.54) is 0 Å². The molecule has 2 amide bonds. The molecule has 0 radical (unpaired) electrons. The number of amides is 2. The lowest BCUT2D eigenvalue weighted by molar-refractivity contribution is 0.0698. The van der Waals surface area contributed by atoms with Gasteiger partial charge in [-0.15, -0.1) is 0 Å². The number of anilines is 1. The number of carbonyl (C=O) groups is 2. The summed E-state index contributed by atoms with van der Waals surface area (Å²) >= 11 is 0. The third kappa shape index (κ3) is 4.47. The maximum atomic E-state index is 13.7. The summed E-state index contributed by atoms with van der Waals surface area (Å²) in [5.74, 6) is -2.22. The van der Waals surface area contributed by atoms with Crippen LogP contribution in [0, 0.1) is 11.6 Å². The van der Waals surface area contributed by atoms with Gasteiger partial charge in [0.25, 0.3) is 11.8 Å². The van der Waals surface area contributed by atoms with Crippen molar-refractivity contribution < 1.29 is 18.4 Å². The largest absolute Gasteiger partial charge is 0.378 e. The summed E-state index contributed by atoms with van der Waals surface area (Å²) in [7, 11) is 3.88. The summed E-state index contributed by atoms with van der Waals surface area (Å²) in [6.45, 7) is 1.01. The number of nitrogens with zero attached hydrogens (tertiary/aromatic N) is 2. The van der Waals surface area contributed by atoms with Crippen LogP contribution in [-0.2, 0) is 0 Å². The second-order valence-corrected chi connectivity index (χ2v) is 7.11. The van der Waals surface area contributed by atoms with Crippen LogP contribution < -0.4 is 10.2 Å². The Morgan fingerprint density at radius 1 is 1.04 bits per heavy atom. The van der Waals surface area contributed by atoms with Crippen molar-refractivity contribution in [1.82, 2.24) is 10.2 Å². The summed E-state index contributed by atoms with van der Waals surface area (Å²) < 4.78 is 26.7. The van der Waals surface area contributed by atoms with Gasteiger partial charge >= 0.3 is 0 Å². The van der Waals surface area contributed by atoms with E-state index < -0.39 is 17.5 Å². The predicted molar refractivity (Wildman–Crippen MR) is 104 cm³/mol. The van der Waals surface area contributed by atoms with Crippen molar-refractivity contribution >= 4 is 17.5 Å². The number of likely N-dealkylation sites (tertiary alicyclic amines) is 1. The van der Waals surface area contributed by atoms with Crippen LogP contribution in [0.1, 0.15) is 33.6 Å². The number of nitrogens with one attached hydrogen (secondary N) is 1. The highest BCUT2D eigenvalue weighted by molar-refractivity contribution is 5.95. The van der Waals surface area contributed by atoms with Crippen molar-refractivity contribution in [2.45, 2.75) is 18.9 Å². The highest BCUT2D eigenvalue weighted by atomic mass is 19.1. The lowest BCUT2D eigenvalue weighted by Crippen LogP contribution is -2.46. The first-order valence-corrected chi connectivity index (χ1v) is 9.17. The van der Waals surface area contributed by atoms with E-state index in [9.17, 15) is 18.4 Å². The normalized spacial score (nSPS) is 14.6. The van der Waals surface area contributed by atoms with Gasteiger partial charge in [-0.3, -0.25) is 9.59 Å².